The molecule has 0 aliphatic heterocycles. The summed E-state index contributed by atoms with van der Waals surface area (Å²) in [5.41, 5.74) is 0. The third kappa shape index (κ3) is 9.14. The van der Waals surface area contributed by atoms with Crippen molar-refractivity contribution in [3.8, 4) is 0 Å². The van der Waals surface area contributed by atoms with Crippen LogP contribution in [-0.4, -0.2) is 19.3 Å². The molecule has 0 bridgehead atoms. The Morgan fingerprint density at radius 2 is 1.81 bits per heavy atom. The fourth-order valence-electron chi connectivity index (χ4n) is 1.84. The minimum Gasteiger partial charge on any atom is -0.311 e. The van der Waals surface area contributed by atoms with Crippen molar-refractivity contribution in [1.82, 2.24) is 5.32 Å². The molecule has 0 radical (unpaired) electrons. The van der Waals surface area contributed by atoms with Gasteiger partial charge in [0.15, 0.2) is 0 Å². The highest BCUT2D eigenvalue weighted by atomic mass is 19.1. The van der Waals surface area contributed by atoms with Gasteiger partial charge in [0.05, 0.1) is 0 Å². The standard InChI is InChI=1S/C14H30FN/c1-4-6-7-10-14(12-15)16-11-8-9-13(3)5-2/h13-14,16H,4-12H2,1-3H3. The summed E-state index contributed by atoms with van der Waals surface area (Å²) in [6.07, 6.45) is 8.29. The second-order valence-corrected chi connectivity index (χ2v) is 4.96. The van der Waals surface area contributed by atoms with Crippen molar-refractivity contribution in [2.24, 2.45) is 5.92 Å². The fourth-order valence-corrected chi connectivity index (χ4v) is 1.84. The summed E-state index contributed by atoms with van der Waals surface area (Å²) in [4.78, 5) is 0. The van der Waals surface area contributed by atoms with Gasteiger partial charge in [-0.15, -0.1) is 0 Å². The fraction of sp³-hybridized carbons (Fsp3) is 1.00. The second kappa shape index (κ2) is 11.4. The molecule has 0 saturated heterocycles. The molecule has 2 atom stereocenters. The molecule has 0 rings (SSSR count). The molecule has 0 aromatic rings. The topological polar surface area (TPSA) is 12.0 Å². The number of unbranched alkanes of at least 4 members (excludes halogenated alkanes) is 2. The van der Waals surface area contributed by atoms with Gasteiger partial charge < -0.3 is 5.32 Å². The molecule has 0 aliphatic carbocycles. The van der Waals surface area contributed by atoms with E-state index in [4.69, 9.17) is 0 Å². The van der Waals surface area contributed by atoms with Crippen LogP contribution in [0.1, 0.15) is 65.7 Å². The minimum atomic E-state index is -0.215. The van der Waals surface area contributed by atoms with Crippen LogP contribution >= 0.6 is 0 Å². The smallest absolute Gasteiger partial charge is 0.105 e. The molecule has 0 fully saturated rings. The van der Waals surface area contributed by atoms with E-state index in [1.54, 1.807) is 0 Å². The lowest BCUT2D eigenvalue weighted by Crippen LogP contribution is -2.32. The Bertz CT molecular complexity index is 139. The van der Waals surface area contributed by atoms with Crippen LogP contribution in [0.4, 0.5) is 4.39 Å². The van der Waals surface area contributed by atoms with E-state index in [1.807, 2.05) is 0 Å². The normalized spacial score (nSPS) is 15.0. The van der Waals surface area contributed by atoms with Crippen molar-refractivity contribution in [2.75, 3.05) is 13.2 Å². The van der Waals surface area contributed by atoms with Gasteiger partial charge >= 0.3 is 0 Å². The molecule has 0 heterocycles. The van der Waals surface area contributed by atoms with Gasteiger partial charge in [0.25, 0.3) is 0 Å². The maximum atomic E-state index is 12.7. The highest BCUT2D eigenvalue weighted by Crippen LogP contribution is 2.09. The molecule has 0 aromatic heterocycles. The van der Waals surface area contributed by atoms with Gasteiger partial charge in [-0.3, -0.25) is 0 Å². The van der Waals surface area contributed by atoms with Gasteiger partial charge in [-0.1, -0.05) is 46.5 Å². The molecule has 1 nitrogen and oxygen atoms in total. The molecule has 0 aliphatic rings. The Balaban J connectivity index is 3.40. The lowest BCUT2D eigenvalue weighted by Gasteiger charge is -2.15. The number of alkyl halides is 1. The Kier molecular flexibility index (Phi) is 11.3. The lowest BCUT2D eigenvalue weighted by molar-refractivity contribution is 0.344. The molecule has 0 amide bonds. The van der Waals surface area contributed by atoms with Gasteiger partial charge in [-0.25, -0.2) is 4.39 Å². The van der Waals surface area contributed by atoms with E-state index in [9.17, 15) is 4.39 Å². The van der Waals surface area contributed by atoms with Crippen LogP contribution < -0.4 is 5.32 Å². The average Bonchev–Trinajstić information content (AvgIpc) is 2.31. The number of rotatable bonds is 11. The zero-order valence-corrected chi connectivity index (χ0v) is 11.4. The van der Waals surface area contributed by atoms with Crippen molar-refractivity contribution >= 4 is 0 Å². The quantitative estimate of drug-likeness (QED) is 0.522. The van der Waals surface area contributed by atoms with Crippen molar-refractivity contribution in [3.05, 3.63) is 0 Å². The molecule has 2 unspecified atom stereocenters. The number of hydrogen-bond acceptors (Lipinski definition) is 1. The Labute approximate surface area is 101 Å². The first-order chi connectivity index (χ1) is 7.74. The first kappa shape index (κ1) is 15.9. The van der Waals surface area contributed by atoms with Gasteiger partial charge in [-0.2, -0.15) is 0 Å². The van der Waals surface area contributed by atoms with E-state index in [-0.39, 0.29) is 12.7 Å². The highest BCUT2D eigenvalue weighted by Gasteiger charge is 2.06. The lowest BCUT2D eigenvalue weighted by atomic mass is 10.0. The molecular formula is C14H30FN. The van der Waals surface area contributed by atoms with Gasteiger partial charge in [0.2, 0.25) is 0 Å². The van der Waals surface area contributed by atoms with E-state index >= 15 is 0 Å². The van der Waals surface area contributed by atoms with Crippen molar-refractivity contribution in [3.63, 3.8) is 0 Å². The maximum absolute atomic E-state index is 12.7. The van der Waals surface area contributed by atoms with Crippen LogP contribution in [0, 0.1) is 5.92 Å². The zero-order chi connectivity index (χ0) is 12.2. The molecule has 0 aromatic carbocycles. The van der Waals surface area contributed by atoms with E-state index in [0.717, 1.165) is 25.3 Å². The van der Waals surface area contributed by atoms with E-state index in [1.165, 1.54) is 32.1 Å². The van der Waals surface area contributed by atoms with Gasteiger partial charge in [0, 0.05) is 6.04 Å². The third-order valence-corrected chi connectivity index (χ3v) is 3.35. The SMILES string of the molecule is CCCCCC(CF)NCCCC(C)CC. The molecule has 1 N–H and O–H groups in total. The summed E-state index contributed by atoms with van der Waals surface area (Å²) in [5, 5.41) is 3.33. The number of nitrogens with one attached hydrogen (secondary N) is 1. The number of hydrogen-bond donors (Lipinski definition) is 1. The summed E-state index contributed by atoms with van der Waals surface area (Å²) in [6.45, 7) is 7.46. The monoisotopic (exact) mass is 231 g/mol. The summed E-state index contributed by atoms with van der Waals surface area (Å²) < 4.78 is 12.7. The summed E-state index contributed by atoms with van der Waals surface area (Å²) in [5.74, 6) is 0.811. The summed E-state index contributed by atoms with van der Waals surface area (Å²) in [6, 6.07) is 0.100. The van der Waals surface area contributed by atoms with Crippen LogP contribution in [0.25, 0.3) is 0 Å². The molecule has 2 heteroatoms. The average molecular weight is 231 g/mol. The van der Waals surface area contributed by atoms with E-state index < -0.39 is 0 Å². The number of halogens is 1. The summed E-state index contributed by atoms with van der Waals surface area (Å²) >= 11 is 0. The Morgan fingerprint density at radius 1 is 1.06 bits per heavy atom. The molecular weight excluding hydrogens is 201 g/mol. The first-order valence-corrected chi connectivity index (χ1v) is 7.03. The van der Waals surface area contributed by atoms with Gasteiger partial charge in [0.1, 0.15) is 6.67 Å². The molecule has 0 spiro atoms. The predicted molar refractivity (Wildman–Crippen MR) is 70.6 cm³/mol. The maximum Gasteiger partial charge on any atom is 0.105 e. The first-order valence-electron chi connectivity index (χ1n) is 7.03. The van der Waals surface area contributed by atoms with E-state index in [2.05, 4.69) is 26.1 Å². The van der Waals surface area contributed by atoms with Crippen LogP contribution in [0.2, 0.25) is 0 Å². The second-order valence-electron chi connectivity index (χ2n) is 4.96. The van der Waals surface area contributed by atoms with Crippen molar-refractivity contribution < 1.29 is 4.39 Å². The van der Waals surface area contributed by atoms with Crippen LogP contribution in [0.3, 0.4) is 0 Å². The third-order valence-electron chi connectivity index (χ3n) is 3.35. The van der Waals surface area contributed by atoms with Crippen LogP contribution in [0.5, 0.6) is 0 Å². The zero-order valence-electron chi connectivity index (χ0n) is 11.4. The van der Waals surface area contributed by atoms with Crippen molar-refractivity contribution in [2.45, 2.75) is 71.8 Å². The molecule has 98 valence electrons. The van der Waals surface area contributed by atoms with Gasteiger partial charge in [-0.05, 0) is 31.7 Å². The molecule has 0 saturated carbocycles. The summed E-state index contributed by atoms with van der Waals surface area (Å²) in [7, 11) is 0. The predicted octanol–water partition coefficient (Wildman–Crippen LogP) is 4.32. The van der Waals surface area contributed by atoms with Crippen LogP contribution in [0.15, 0.2) is 0 Å². The Morgan fingerprint density at radius 3 is 2.38 bits per heavy atom. The van der Waals surface area contributed by atoms with E-state index in [0.29, 0.717) is 0 Å². The van der Waals surface area contributed by atoms with Crippen LogP contribution in [-0.2, 0) is 0 Å². The minimum absolute atomic E-state index is 0.100. The molecule has 16 heavy (non-hydrogen) atoms. The largest absolute Gasteiger partial charge is 0.311 e. The highest BCUT2D eigenvalue weighted by molar-refractivity contribution is 4.66. The Hall–Kier alpha value is -0.110. The van der Waals surface area contributed by atoms with Crippen molar-refractivity contribution in [1.29, 1.82) is 0 Å².